The van der Waals surface area contributed by atoms with Gasteiger partial charge in [-0.05, 0) is 70.4 Å². The summed E-state index contributed by atoms with van der Waals surface area (Å²) < 4.78 is 26.1. The van der Waals surface area contributed by atoms with Gasteiger partial charge in [0.1, 0.15) is 0 Å². The van der Waals surface area contributed by atoms with E-state index < -0.39 is 10.0 Å². The molecule has 0 aromatic heterocycles. The van der Waals surface area contributed by atoms with Crippen LogP contribution in [0.15, 0.2) is 34.2 Å². The van der Waals surface area contributed by atoms with Gasteiger partial charge in [0.15, 0.2) is 5.96 Å². The number of nitrogens with zero attached hydrogens (tertiary/aromatic N) is 2. The Morgan fingerprint density at radius 3 is 2.26 bits per heavy atom. The Balaban J connectivity index is 1.65. The maximum atomic E-state index is 11.9. The average molecular weight is 450 g/mol. The normalized spacial score (nSPS) is 20.4. The van der Waals surface area contributed by atoms with E-state index in [1.807, 2.05) is 12.1 Å². The van der Waals surface area contributed by atoms with Crippen LogP contribution < -0.4 is 15.4 Å². The summed E-state index contributed by atoms with van der Waals surface area (Å²) in [5.74, 6) is 0.830. The molecule has 0 atom stereocenters. The van der Waals surface area contributed by atoms with Gasteiger partial charge in [0.2, 0.25) is 10.0 Å². The van der Waals surface area contributed by atoms with Crippen LogP contribution in [0.4, 0.5) is 0 Å². The van der Waals surface area contributed by atoms with Gasteiger partial charge in [-0.1, -0.05) is 37.8 Å². The molecule has 0 bridgehead atoms. The van der Waals surface area contributed by atoms with Crippen LogP contribution in [0.1, 0.15) is 63.9 Å². The number of benzene rings is 1. The molecule has 0 unspecified atom stereocenters. The molecule has 7 nitrogen and oxygen atoms in total. The van der Waals surface area contributed by atoms with Crippen molar-refractivity contribution in [2.24, 2.45) is 4.99 Å². The molecule has 8 heteroatoms. The van der Waals surface area contributed by atoms with E-state index in [4.69, 9.17) is 4.99 Å². The second kappa shape index (κ2) is 11.3. The molecule has 1 aromatic carbocycles. The van der Waals surface area contributed by atoms with Gasteiger partial charge in [-0.15, -0.1) is 0 Å². The van der Waals surface area contributed by atoms with Crippen molar-refractivity contribution in [2.45, 2.75) is 75.3 Å². The first kappa shape index (κ1) is 24.0. The average Bonchev–Trinajstić information content (AvgIpc) is 2.82. The highest BCUT2D eigenvalue weighted by molar-refractivity contribution is 7.89. The van der Waals surface area contributed by atoms with Crippen LogP contribution in [0.2, 0.25) is 0 Å². The van der Waals surface area contributed by atoms with Crippen molar-refractivity contribution in [3.05, 3.63) is 29.8 Å². The highest BCUT2D eigenvalue weighted by Gasteiger charge is 2.38. The first-order valence-corrected chi connectivity index (χ1v) is 13.3. The van der Waals surface area contributed by atoms with Gasteiger partial charge >= 0.3 is 0 Å². The van der Waals surface area contributed by atoms with Crippen LogP contribution in [0.5, 0.6) is 0 Å². The lowest BCUT2D eigenvalue weighted by molar-refractivity contribution is 0.0368. The Labute approximate surface area is 188 Å². The lowest BCUT2D eigenvalue weighted by Gasteiger charge is -2.48. The van der Waals surface area contributed by atoms with Crippen molar-refractivity contribution < 1.29 is 8.42 Å². The Morgan fingerprint density at radius 1 is 1.00 bits per heavy atom. The fourth-order valence-electron chi connectivity index (χ4n) is 4.84. The fraction of sp³-hybridized carbons (Fsp3) is 0.696. The molecule has 2 aliphatic rings. The molecule has 1 aromatic rings. The smallest absolute Gasteiger partial charge is 0.240 e. The topological polar surface area (TPSA) is 85.8 Å². The van der Waals surface area contributed by atoms with Crippen LogP contribution in [0.3, 0.4) is 0 Å². The third kappa shape index (κ3) is 6.43. The van der Waals surface area contributed by atoms with Crippen LogP contribution in [0.25, 0.3) is 0 Å². The van der Waals surface area contributed by atoms with E-state index in [1.165, 1.54) is 71.5 Å². The summed E-state index contributed by atoms with van der Waals surface area (Å²) in [5, 5.41) is 7.01. The van der Waals surface area contributed by atoms with E-state index >= 15 is 0 Å². The molecule has 1 aliphatic heterocycles. The Bertz CT molecular complexity index is 811. The second-order valence-electron chi connectivity index (χ2n) is 8.73. The van der Waals surface area contributed by atoms with E-state index in [9.17, 15) is 8.42 Å². The van der Waals surface area contributed by atoms with Crippen LogP contribution >= 0.6 is 0 Å². The number of guanidine groups is 1. The highest BCUT2D eigenvalue weighted by Crippen LogP contribution is 2.35. The molecule has 0 spiro atoms. The van der Waals surface area contributed by atoms with Crippen molar-refractivity contribution in [1.29, 1.82) is 0 Å². The largest absolute Gasteiger partial charge is 0.357 e. The third-order valence-corrected chi connectivity index (χ3v) is 8.09. The number of hydrogen-bond donors (Lipinski definition) is 3. The molecule has 1 saturated heterocycles. The van der Waals surface area contributed by atoms with Gasteiger partial charge in [-0.2, -0.15) is 0 Å². The Morgan fingerprint density at radius 2 is 1.65 bits per heavy atom. The minimum atomic E-state index is -3.41. The summed E-state index contributed by atoms with van der Waals surface area (Å²) >= 11 is 0. The first-order chi connectivity index (χ1) is 15.0. The van der Waals surface area contributed by atoms with E-state index in [-0.39, 0.29) is 10.4 Å². The molecule has 3 N–H and O–H groups in total. The quantitative estimate of drug-likeness (QED) is 0.420. The van der Waals surface area contributed by atoms with E-state index in [1.54, 1.807) is 12.1 Å². The van der Waals surface area contributed by atoms with Crippen molar-refractivity contribution in [3.8, 4) is 0 Å². The molecule has 2 fully saturated rings. The van der Waals surface area contributed by atoms with E-state index in [0.29, 0.717) is 6.54 Å². The number of rotatable bonds is 8. The lowest BCUT2D eigenvalue weighted by atomic mass is 9.79. The molecule has 174 valence electrons. The molecule has 1 aliphatic carbocycles. The molecule has 1 saturated carbocycles. The van der Waals surface area contributed by atoms with Gasteiger partial charge in [-0.3, -0.25) is 4.90 Å². The molecule has 1 heterocycles. The zero-order valence-electron chi connectivity index (χ0n) is 19.1. The lowest BCUT2D eigenvalue weighted by Crippen LogP contribution is -2.59. The number of hydrogen-bond acceptors (Lipinski definition) is 4. The minimum absolute atomic E-state index is 0.248. The molecule has 0 amide bonds. The number of nitrogens with one attached hydrogen (secondary N) is 3. The summed E-state index contributed by atoms with van der Waals surface area (Å²) in [6, 6.07) is 6.91. The molecular weight excluding hydrogens is 410 g/mol. The maximum absolute atomic E-state index is 11.9. The highest BCUT2D eigenvalue weighted by atomic mass is 32.2. The van der Waals surface area contributed by atoms with Crippen molar-refractivity contribution in [2.75, 3.05) is 33.2 Å². The predicted octanol–water partition coefficient (Wildman–Crippen LogP) is 2.84. The fourth-order valence-corrected chi connectivity index (χ4v) is 5.57. The third-order valence-electron chi connectivity index (χ3n) is 6.66. The van der Waals surface area contributed by atoms with E-state index in [0.717, 1.165) is 24.6 Å². The number of aliphatic imine (C=N–C) groups is 1. The molecule has 0 radical (unpaired) electrons. The Kier molecular flexibility index (Phi) is 8.75. The summed E-state index contributed by atoms with van der Waals surface area (Å²) in [6.07, 6.45) is 10.5. The number of piperidine rings is 1. The monoisotopic (exact) mass is 449 g/mol. The summed E-state index contributed by atoms with van der Waals surface area (Å²) in [4.78, 5) is 7.78. The standard InChI is InChI=1S/C23H39N5O2S/c1-3-25-22(26-18-20-10-12-21(13-11-20)31(29,30)24-2)27-19-23(14-6-4-7-15-23)28-16-8-5-9-17-28/h10-13,24H,3-9,14-19H2,1-2H3,(H2,25,26,27). The van der Waals surface area contributed by atoms with Gasteiger partial charge in [0, 0.05) is 18.6 Å². The second-order valence-corrected chi connectivity index (χ2v) is 10.6. The van der Waals surface area contributed by atoms with Crippen molar-refractivity contribution in [1.82, 2.24) is 20.3 Å². The van der Waals surface area contributed by atoms with Gasteiger partial charge < -0.3 is 10.6 Å². The van der Waals surface area contributed by atoms with Crippen LogP contribution in [-0.4, -0.2) is 58.0 Å². The summed E-state index contributed by atoms with van der Waals surface area (Å²) in [6.45, 7) is 6.76. The maximum Gasteiger partial charge on any atom is 0.240 e. The zero-order valence-corrected chi connectivity index (χ0v) is 19.9. The Hall–Kier alpha value is -1.64. The van der Waals surface area contributed by atoms with Crippen molar-refractivity contribution in [3.63, 3.8) is 0 Å². The minimum Gasteiger partial charge on any atom is -0.357 e. The molecule has 31 heavy (non-hydrogen) atoms. The van der Waals surface area contributed by atoms with Gasteiger partial charge in [0.05, 0.1) is 11.4 Å². The number of sulfonamides is 1. The summed E-state index contributed by atoms with van der Waals surface area (Å²) in [7, 11) is -1.99. The number of likely N-dealkylation sites (tertiary alicyclic amines) is 1. The van der Waals surface area contributed by atoms with Gasteiger partial charge in [0.25, 0.3) is 0 Å². The van der Waals surface area contributed by atoms with Crippen LogP contribution in [0, 0.1) is 0 Å². The predicted molar refractivity (Wildman–Crippen MR) is 127 cm³/mol. The van der Waals surface area contributed by atoms with Crippen LogP contribution in [-0.2, 0) is 16.6 Å². The van der Waals surface area contributed by atoms with Gasteiger partial charge in [-0.25, -0.2) is 18.1 Å². The van der Waals surface area contributed by atoms with Crippen molar-refractivity contribution >= 4 is 16.0 Å². The zero-order chi connectivity index (χ0) is 22.2. The molecular formula is C23H39N5O2S. The SMILES string of the molecule is CCNC(=NCc1ccc(S(=O)(=O)NC)cc1)NCC1(N2CCCCC2)CCCCC1. The van der Waals surface area contributed by atoms with E-state index in [2.05, 4.69) is 27.2 Å². The first-order valence-electron chi connectivity index (χ1n) is 11.8. The molecule has 3 rings (SSSR count). The summed E-state index contributed by atoms with van der Waals surface area (Å²) in [5.41, 5.74) is 1.23.